The lowest BCUT2D eigenvalue weighted by Gasteiger charge is -2.10. The highest BCUT2D eigenvalue weighted by Gasteiger charge is 2.08. The van der Waals surface area contributed by atoms with Crippen molar-refractivity contribution < 1.29 is 14.3 Å². The molecule has 0 aliphatic carbocycles. The molecule has 2 aromatic rings. The number of benzene rings is 1. The fourth-order valence-electron chi connectivity index (χ4n) is 1.76. The van der Waals surface area contributed by atoms with Crippen LogP contribution >= 0.6 is 23.1 Å². The van der Waals surface area contributed by atoms with Crippen LogP contribution in [0.1, 0.15) is 6.92 Å². The van der Waals surface area contributed by atoms with Gasteiger partial charge >= 0.3 is 0 Å². The molecule has 0 fully saturated rings. The lowest BCUT2D eigenvalue weighted by molar-refractivity contribution is -0.118. The van der Waals surface area contributed by atoms with Gasteiger partial charge in [0.2, 0.25) is 11.0 Å². The predicted molar refractivity (Wildman–Crippen MR) is 96.3 cm³/mol. The van der Waals surface area contributed by atoms with E-state index in [2.05, 4.69) is 20.8 Å². The van der Waals surface area contributed by atoms with Crippen molar-refractivity contribution in [2.24, 2.45) is 0 Å². The van der Waals surface area contributed by atoms with Gasteiger partial charge in [0, 0.05) is 6.54 Å². The van der Waals surface area contributed by atoms with Gasteiger partial charge in [-0.3, -0.25) is 4.79 Å². The zero-order valence-electron chi connectivity index (χ0n) is 13.6. The van der Waals surface area contributed by atoms with Crippen molar-refractivity contribution in [3.05, 3.63) is 24.3 Å². The predicted octanol–water partition coefficient (Wildman–Crippen LogP) is 2.27. The van der Waals surface area contributed by atoms with Crippen molar-refractivity contribution in [3.63, 3.8) is 0 Å². The van der Waals surface area contributed by atoms with E-state index in [1.54, 1.807) is 7.11 Å². The second kappa shape index (κ2) is 9.99. The van der Waals surface area contributed by atoms with Crippen LogP contribution in [-0.2, 0) is 4.79 Å². The molecular formula is C15H20N4O3S2. The van der Waals surface area contributed by atoms with E-state index in [1.807, 2.05) is 31.2 Å². The molecule has 130 valence electrons. The number of anilines is 1. The van der Waals surface area contributed by atoms with Crippen LogP contribution in [0.2, 0.25) is 0 Å². The minimum atomic E-state index is -0.0659. The van der Waals surface area contributed by atoms with E-state index in [0.29, 0.717) is 30.4 Å². The summed E-state index contributed by atoms with van der Waals surface area (Å²) in [5.41, 5.74) is 0. The second-order valence-corrected chi connectivity index (χ2v) is 6.74. The molecule has 1 amide bonds. The molecule has 0 radical (unpaired) electrons. The Morgan fingerprint density at radius 1 is 1.29 bits per heavy atom. The third kappa shape index (κ3) is 5.89. The molecule has 0 aliphatic rings. The normalized spacial score (nSPS) is 10.2. The number of amides is 1. The Kier molecular flexibility index (Phi) is 7.63. The highest BCUT2D eigenvalue weighted by molar-refractivity contribution is 8.01. The first-order valence-electron chi connectivity index (χ1n) is 7.45. The average molecular weight is 368 g/mol. The molecular weight excluding hydrogens is 348 g/mol. The van der Waals surface area contributed by atoms with Crippen LogP contribution in [0.15, 0.2) is 28.6 Å². The van der Waals surface area contributed by atoms with Gasteiger partial charge in [-0.25, -0.2) is 0 Å². The first-order chi connectivity index (χ1) is 11.7. The quantitative estimate of drug-likeness (QED) is 0.491. The summed E-state index contributed by atoms with van der Waals surface area (Å²) >= 11 is 2.81. The van der Waals surface area contributed by atoms with Crippen LogP contribution < -0.4 is 20.1 Å². The third-order valence-corrected chi connectivity index (χ3v) is 4.83. The van der Waals surface area contributed by atoms with Gasteiger partial charge in [0.25, 0.3) is 0 Å². The van der Waals surface area contributed by atoms with E-state index in [-0.39, 0.29) is 5.91 Å². The number of carbonyl (C=O) groups excluding carboxylic acids is 1. The molecule has 0 saturated carbocycles. The summed E-state index contributed by atoms with van der Waals surface area (Å²) < 4.78 is 11.6. The van der Waals surface area contributed by atoms with E-state index >= 15 is 0 Å². The minimum absolute atomic E-state index is 0.0659. The number of nitrogens with zero attached hydrogens (tertiary/aromatic N) is 2. The van der Waals surface area contributed by atoms with E-state index in [1.165, 1.54) is 23.1 Å². The van der Waals surface area contributed by atoms with E-state index in [0.717, 1.165) is 16.0 Å². The van der Waals surface area contributed by atoms with Crippen molar-refractivity contribution in [2.45, 2.75) is 11.3 Å². The standard InChI is InChI=1S/C15H20N4O3S2/c1-3-16-14-18-19-15(24-14)23-10-13(20)17-8-9-22-12-7-5-4-6-11(12)21-2/h4-7H,3,8-10H2,1-2H3,(H,16,18)(H,17,20). The summed E-state index contributed by atoms with van der Waals surface area (Å²) in [7, 11) is 1.59. The fraction of sp³-hybridized carbons (Fsp3) is 0.400. The Hall–Kier alpha value is -2.00. The summed E-state index contributed by atoms with van der Waals surface area (Å²) in [4.78, 5) is 11.8. The molecule has 0 spiro atoms. The van der Waals surface area contributed by atoms with Crippen molar-refractivity contribution in [1.82, 2.24) is 15.5 Å². The zero-order valence-corrected chi connectivity index (χ0v) is 15.2. The number of thioether (sulfide) groups is 1. The number of aromatic nitrogens is 2. The van der Waals surface area contributed by atoms with E-state index < -0.39 is 0 Å². The molecule has 9 heteroatoms. The monoisotopic (exact) mass is 368 g/mol. The molecule has 0 atom stereocenters. The van der Waals surface area contributed by atoms with Crippen LogP contribution in [0.25, 0.3) is 0 Å². The second-order valence-electron chi connectivity index (χ2n) is 4.54. The fourth-order valence-corrected chi connectivity index (χ4v) is 3.41. The van der Waals surface area contributed by atoms with Crippen LogP contribution in [0.5, 0.6) is 11.5 Å². The topological polar surface area (TPSA) is 85.4 Å². The summed E-state index contributed by atoms with van der Waals surface area (Å²) in [6, 6.07) is 7.40. The van der Waals surface area contributed by atoms with Gasteiger partial charge in [0.15, 0.2) is 15.8 Å². The highest BCUT2D eigenvalue weighted by Crippen LogP contribution is 2.26. The van der Waals surface area contributed by atoms with Gasteiger partial charge in [-0.15, -0.1) is 10.2 Å². The minimum Gasteiger partial charge on any atom is -0.493 e. The molecule has 1 heterocycles. The van der Waals surface area contributed by atoms with Crippen molar-refractivity contribution >= 4 is 34.1 Å². The summed E-state index contributed by atoms with van der Waals surface area (Å²) in [6.45, 7) is 3.59. The van der Waals surface area contributed by atoms with Gasteiger partial charge in [-0.1, -0.05) is 35.2 Å². The van der Waals surface area contributed by atoms with Crippen molar-refractivity contribution in [1.29, 1.82) is 0 Å². The molecule has 1 aromatic carbocycles. The molecule has 0 saturated heterocycles. The Labute approximate surface area is 149 Å². The van der Waals surface area contributed by atoms with Crippen LogP contribution in [0.3, 0.4) is 0 Å². The lowest BCUT2D eigenvalue weighted by Crippen LogP contribution is -2.29. The van der Waals surface area contributed by atoms with Gasteiger partial charge in [0.05, 0.1) is 19.4 Å². The van der Waals surface area contributed by atoms with Gasteiger partial charge in [0.1, 0.15) is 6.61 Å². The van der Waals surface area contributed by atoms with Crippen molar-refractivity contribution in [3.8, 4) is 11.5 Å². The SMILES string of the molecule is CCNc1nnc(SCC(=O)NCCOc2ccccc2OC)s1. The Morgan fingerprint density at radius 2 is 2.08 bits per heavy atom. The number of rotatable bonds is 10. The number of methoxy groups -OCH3 is 1. The number of hydrogen-bond donors (Lipinski definition) is 2. The van der Waals surface area contributed by atoms with E-state index in [9.17, 15) is 4.79 Å². The van der Waals surface area contributed by atoms with Gasteiger partial charge < -0.3 is 20.1 Å². The van der Waals surface area contributed by atoms with Crippen molar-refractivity contribution in [2.75, 3.05) is 37.9 Å². The Bertz CT molecular complexity index is 651. The molecule has 1 aromatic heterocycles. The number of para-hydroxylation sites is 2. The highest BCUT2D eigenvalue weighted by atomic mass is 32.2. The Balaban J connectivity index is 1.64. The van der Waals surface area contributed by atoms with Crippen LogP contribution in [-0.4, -0.2) is 48.7 Å². The number of ether oxygens (including phenoxy) is 2. The molecule has 0 aliphatic heterocycles. The lowest BCUT2D eigenvalue weighted by atomic mass is 10.3. The molecule has 2 N–H and O–H groups in total. The molecule has 0 unspecified atom stereocenters. The largest absolute Gasteiger partial charge is 0.493 e. The maximum atomic E-state index is 11.8. The molecule has 7 nitrogen and oxygen atoms in total. The smallest absolute Gasteiger partial charge is 0.230 e. The maximum absolute atomic E-state index is 11.8. The van der Waals surface area contributed by atoms with Crippen LogP contribution in [0.4, 0.5) is 5.13 Å². The molecule has 2 rings (SSSR count). The number of carbonyl (C=O) groups is 1. The first-order valence-corrected chi connectivity index (χ1v) is 9.25. The first kappa shape index (κ1) is 18.3. The molecule has 0 bridgehead atoms. The van der Waals surface area contributed by atoms with Crippen LogP contribution in [0, 0.1) is 0 Å². The third-order valence-electron chi connectivity index (χ3n) is 2.81. The number of nitrogens with one attached hydrogen (secondary N) is 2. The van der Waals surface area contributed by atoms with E-state index in [4.69, 9.17) is 9.47 Å². The summed E-state index contributed by atoms with van der Waals surface area (Å²) in [5.74, 6) is 1.57. The zero-order chi connectivity index (χ0) is 17.2. The Morgan fingerprint density at radius 3 is 2.83 bits per heavy atom. The average Bonchev–Trinajstić information content (AvgIpc) is 3.05. The summed E-state index contributed by atoms with van der Waals surface area (Å²) in [5, 5.41) is 14.7. The molecule has 24 heavy (non-hydrogen) atoms. The van der Waals surface area contributed by atoms with Gasteiger partial charge in [-0.05, 0) is 19.1 Å². The number of hydrogen-bond acceptors (Lipinski definition) is 8. The van der Waals surface area contributed by atoms with Gasteiger partial charge in [-0.2, -0.15) is 0 Å². The summed E-state index contributed by atoms with van der Waals surface area (Å²) in [6.07, 6.45) is 0. The maximum Gasteiger partial charge on any atom is 0.230 e.